The lowest BCUT2D eigenvalue weighted by Gasteiger charge is -2.61. The molecule has 3 fully saturated rings. The molecule has 0 N–H and O–H groups in total. The molecule has 0 aromatic heterocycles. The lowest BCUT2D eigenvalue weighted by molar-refractivity contribution is -0.135. The Bertz CT molecular complexity index is 186. The summed E-state index contributed by atoms with van der Waals surface area (Å²) >= 11 is 0. The van der Waals surface area contributed by atoms with Crippen LogP contribution in [0.25, 0.3) is 0 Å². The standard InChI is InChI=1S/C11H19F.2C2H6/c1-7-4-8-5-10(9(7)6-12)11(8,2)3;2*1-2/h7-10H,4-6H2,1-3H3;2*1-2H3/t7?,8-,9+,10-;;/m0../s1. The zero-order valence-electron chi connectivity index (χ0n) is 12.3. The summed E-state index contributed by atoms with van der Waals surface area (Å²) in [5.41, 5.74) is 0.448. The van der Waals surface area contributed by atoms with Crippen LogP contribution in [-0.4, -0.2) is 6.67 Å². The maximum Gasteiger partial charge on any atom is 0.0928 e. The van der Waals surface area contributed by atoms with Crippen LogP contribution in [0.15, 0.2) is 0 Å². The second-order valence-corrected chi connectivity index (χ2v) is 5.39. The molecule has 0 aromatic carbocycles. The van der Waals surface area contributed by atoms with Gasteiger partial charge in [-0.25, -0.2) is 0 Å². The number of fused-ring (bicyclic) bond motifs is 2. The fraction of sp³-hybridized carbons (Fsp3) is 1.00. The largest absolute Gasteiger partial charge is 0.251 e. The van der Waals surface area contributed by atoms with E-state index in [1.54, 1.807) is 0 Å². The first kappa shape index (κ1) is 15.9. The van der Waals surface area contributed by atoms with E-state index >= 15 is 0 Å². The normalized spacial score (nSPS) is 38.2. The highest BCUT2D eigenvalue weighted by molar-refractivity contribution is 5.04. The van der Waals surface area contributed by atoms with Crippen LogP contribution in [0.2, 0.25) is 0 Å². The van der Waals surface area contributed by atoms with Gasteiger partial charge >= 0.3 is 0 Å². The predicted octanol–water partition coefficient (Wildman–Crippen LogP) is 5.33. The van der Waals surface area contributed by atoms with Crippen LogP contribution in [0.1, 0.15) is 61.3 Å². The summed E-state index contributed by atoms with van der Waals surface area (Å²) in [7, 11) is 0. The van der Waals surface area contributed by atoms with Gasteiger partial charge in [0.15, 0.2) is 0 Å². The molecule has 0 aliphatic heterocycles. The lowest BCUT2D eigenvalue weighted by Crippen LogP contribution is -2.55. The third kappa shape index (κ3) is 2.60. The molecule has 98 valence electrons. The van der Waals surface area contributed by atoms with Crippen molar-refractivity contribution in [1.82, 2.24) is 0 Å². The Balaban J connectivity index is 0.000000509. The maximum absolute atomic E-state index is 12.7. The smallest absolute Gasteiger partial charge is 0.0928 e. The summed E-state index contributed by atoms with van der Waals surface area (Å²) in [4.78, 5) is 0. The highest BCUT2D eigenvalue weighted by atomic mass is 19.1. The van der Waals surface area contributed by atoms with Crippen molar-refractivity contribution in [3.05, 3.63) is 0 Å². The van der Waals surface area contributed by atoms with Gasteiger partial charge < -0.3 is 0 Å². The maximum atomic E-state index is 12.7. The summed E-state index contributed by atoms with van der Waals surface area (Å²) in [6, 6.07) is 0. The molecule has 0 radical (unpaired) electrons. The zero-order chi connectivity index (χ0) is 12.9. The second-order valence-electron chi connectivity index (χ2n) is 5.39. The Morgan fingerprint density at radius 2 is 1.56 bits per heavy atom. The minimum absolute atomic E-state index is 0.0953. The van der Waals surface area contributed by atoms with Crippen LogP contribution in [0.4, 0.5) is 4.39 Å². The van der Waals surface area contributed by atoms with Crippen LogP contribution in [0, 0.1) is 29.1 Å². The SMILES string of the molecule is CC.CC.CC1C[C@H]2C[C@@H]([C@@H]1CF)C2(C)C. The Morgan fingerprint density at radius 3 is 1.88 bits per heavy atom. The molecule has 4 atom stereocenters. The third-order valence-electron chi connectivity index (χ3n) is 4.63. The molecular weight excluding hydrogens is 199 g/mol. The first-order chi connectivity index (χ1) is 7.57. The van der Waals surface area contributed by atoms with Gasteiger partial charge in [-0.2, -0.15) is 0 Å². The summed E-state index contributed by atoms with van der Waals surface area (Å²) in [5, 5.41) is 0. The van der Waals surface area contributed by atoms with Crippen molar-refractivity contribution in [3.8, 4) is 0 Å². The van der Waals surface area contributed by atoms with E-state index in [1.165, 1.54) is 12.8 Å². The molecule has 3 aliphatic carbocycles. The Hall–Kier alpha value is -0.0700. The molecule has 1 unspecified atom stereocenters. The molecule has 3 rings (SSSR count). The zero-order valence-corrected chi connectivity index (χ0v) is 12.3. The topological polar surface area (TPSA) is 0 Å². The van der Waals surface area contributed by atoms with Gasteiger partial charge in [-0.1, -0.05) is 48.5 Å². The van der Waals surface area contributed by atoms with Gasteiger partial charge in [-0.15, -0.1) is 0 Å². The van der Waals surface area contributed by atoms with E-state index in [4.69, 9.17) is 0 Å². The molecule has 1 heteroatoms. The molecule has 3 aliphatic rings. The first-order valence-corrected chi connectivity index (χ1v) is 7.13. The highest BCUT2D eigenvalue weighted by Gasteiger charge is 2.56. The highest BCUT2D eigenvalue weighted by Crippen LogP contribution is 2.62. The van der Waals surface area contributed by atoms with E-state index in [2.05, 4.69) is 20.8 Å². The molecule has 0 nitrogen and oxygen atoms in total. The molecule has 0 heterocycles. The van der Waals surface area contributed by atoms with E-state index in [1.807, 2.05) is 27.7 Å². The van der Waals surface area contributed by atoms with Gasteiger partial charge in [0.2, 0.25) is 0 Å². The molecule has 3 saturated carbocycles. The Kier molecular flexibility index (Phi) is 6.58. The van der Waals surface area contributed by atoms with Gasteiger partial charge in [0.05, 0.1) is 6.67 Å². The molecular formula is C15H31F. The first-order valence-electron chi connectivity index (χ1n) is 7.13. The summed E-state index contributed by atoms with van der Waals surface area (Å²) in [6.45, 7) is 14.8. The van der Waals surface area contributed by atoms with E-state index in [0.29, 0.717) is 23.2 Å². The average molecular weight is 230 g/mol. The van der Waals surface area contributed by atoms with Crippen molar-refractivity contribution in [2.75, 3.05) is 6.67 Å². The van der Waals surface area contributed by atoms with E-state index < -0.39 is 0 Å². The number of alkyl halides is 1. The van der Waals surface area contributed by atoms with E-state index in [0.717, 1.165) is 5.92 Å². The number of rotatable bonds is 1. The van der Waals surface area contributed by atoms with Gasteiger partial charge in [-0.05, 0) is 41.9 Å². The fourth-order valence-electron chi connectivity index (χ4n) is 3.46. The van der Waals surface area contributed by atoms with Crippen molar-refractivity contribution in [3.63, 3.8) is 0 Å². The van der Waals surface area contributed by atoms with E-state index in [-0.39, 0.29) is 6.67 Å². The molecule has 0 saturated heterocycles. The minimum atomic E-state index is -0.0953. The second kappa shape index (κ2) is 6.61. The summed E-state index contributed by atoms with van der Waals surface area (Å²) in [5.74, 6) is 2.56. The summed E-state index contributed by atoms with van der Waals surface area (Å²) in [6.07, 6.45) is 2.56. The average Bonchev–Trinajstić information content (AvgIpc) is 2.33. The van der Waals surface area contributed by atoms with Gasteiger partial charge in [0.25, 0.3) is 0 Å². The quantitative estimate of drug-likeness (QED) is 0.571. The number of hydrogen-bond donors (Lipinski definition) is 0. The van der Waals surface area contributed by atoms with Crippen molar-refractivity contribution < 1.29 is 4.39 Å². The van der Waals surface area contributed by atoms with Crippen molar-refractivity contribution in [1.29, 1.82) is 0 Å². The Morgan fingerprint density at radius 1 is 1.06 bits per heavy atom. The van der Waals surface area contributed by atoms with Crippen molar-refractivity contribution in [2.45, 2.75) is 61.3 Å². The predicted molar refractivity (Wildman–Crippen MR) is 71.3 cm³/mol. The minimum Gasteiger partial charge on any atom is -0.251 e. The molecule has 0 spiro atoms. The Labute approximate surface area is 102 Å². The number of halogens is 1. The van der Waals surface area contributed by atoms with Gasteiger partial charge in [0, 0.05) is 0 Å². The lowest BCUT2D eigenvalue weighted by atomic mass is 9.43. The molecule has 0 amide bonds. The van der Waals surface area contributed by atoms with Crippen LogP contribution in [0.3, 0.4) is 0 Å². The van der Waals surface area contributed by atoms with Crippen LogP contribution in [-0.2, 0) is 0 Å². The molecule has 0 aromatic rings. The van der Waals surface area contributed by atoms with E-state index in [9.17, 15) is 4.39 Å². The van der Waals surface area contributed by atoms with Gasteiger partial charge in [0.1, 0.15) is 0 Å². The molecule has 16 heavy (non-hydrogen) atoms. The van der Waals surface area contributed by atoms with Crippen LogP contribution < -0.4 is 0 Å². The van der Waals surface area contributed by atoms with Crippen LogP contribution in [0.5, 0.6) is 0 Å². The van der Waals surface area contributed by atoms with Crippen LogP contribution >= 0.6 is 0 Å². The molecule has 2 bridgehead atoms. The number of hydrogen-bond acceptors (Lipinski definition) is 0. The fourth-order valence-corrected chi connectivity index (χ4v) is 3.46. The van der Waals surface area contributed by atoms with Gasteiger partial charge in [-0.3, -0.25) is 4.39 Å². The van der Waals surface area contributed by atoms with Crippen molar-refractivity contribution >= 4 is 0 Å². The van der Waals surface area contributed by atoms with Crippen molar-refractivity contribution in [2.24, 2.45) is 29.1 Å². The third-order valence-corrected chi connectivity index (χ3v) is 4.63. The monoisotopic (exact) mass is 230 g/mol. The summed E-state index contributed by atoms with van der Waals surface area (Å²) < 4.78 is 12.7.